The van der Waals surface area contributed by atoms with Crippen molar-refractivity contribution < 1.29 is 8.42 Å². The van der Waals surface area contributed by atoms with Crippen molar-refractivity contribution in [3.63, 3.8) is 0 Å². The number of hydrogen-bond acceptors (Lipinski definition) is 3. The number of sulfone groups is 1. The predicted molar refractivity (Wildman–Crippen MR) is 32.9 cm³/mol. The summed E-state index contributed by atoms with van der Waals surface area (Å²) in [5, 5.41) is 6.60. The average Bonchev–Trinajstić information content (AvgIpc) is 1.62. The van der Waals surface area contributed by atoms with Gasteiger partial charge in [-0.2, -0.15) is 0 Å². The van der Waals surface area contributed by atoms with Crippen molar-refractivity contribution in [2.45, 2.75) is 13.3 Å². The zero-order valence-electron chi connectivity index (χ0n) is 4.93. The molecule has 0 aliphatic carbocycles. The van der Waals surface area contributed by atoms with Crippen LogP contribution in [0.3, 0.4) is 0 Å². The van der Waals surface area contributed by atoms with Crippen LogP contribution in [-0.4, -0.2) is 19.7 Å². The van der Waals surface area contributed by atoms with Gasteiger partial charge in [-0.3, -0.25) is 5.41 Å². The van der Waals surface area contributed by atoms with E-state index in [4.69, 9.17) is 5.41 Å². The molecular formula is C4H9NO2S. The summed E-state index contributed by atoms with van der Waals surface area (Å²) in [5.74, 6) is 0. The first-order valence-corrected chi connectivity index (χ1v) is 4.15. The van der Waals surface area contributed by atoms with E-state index >= 15 is 0 Å². The van der Waals surface area contributed by atoms with Gasteiger partial charge in [0.25, 0.3) is 0 Å². The summed E-state index contributed by atoms with van der Waals surface area (Å²) in [4.78, 5) is 0. The summed E-state index contributed by atoms with van der Waals surface area (Å²) in [6, 6.07) is 0. The van der Waals surface area contributed by atoms with Crippen LogP contribution in [0.15, 0.2) is 0 Å². The predicted octanol–water partition coefficient (Wildman–Crippen LogP) is 0.418. The van der Waals surface area contributed by atoms with Crippen LogP contribution < -0.4 is 0 Å². The molecule has 3 nitrogen and oxygen atoms in total. The van der Waals surface area contributed by atoms with Gasteiger partial charge in [0.2, 0.25) is 0 Å². The molecule has 0 saturated heterocycles. The van der Waals surface area contributed by atoms with E-state index in [1.54, 1.807) is 6.92 Å². The third-order valence-corrected chi connectivity index (χ3v) is 1.95. The third kappa shape index (κ3) is 2.07. The summed E-state index contributed by atoms with van der Waals surface area (Å²) >= 11 is 0. The van der Waals surface area contributed by atoms with Crippen molar-refractivity contribution >= 4 is 14.9 Å². The topological polar surface area (TPSA) is 58.0 Å². The van der Waals surface area contributed by atoms with Gasteiger partial charge in [0.15, 0.2) is 9.84 Å². The summed E-state index contributed by atoms with van der Waals surface area (Å²) in [6.07, 6.45) is 1.33. The van der Waals surface area contributed by atoms with Crippen molar-refractivity contribution in [3.05, 3.63) is 0 Å². The molecule has 0 unspecified atom stereocenters. The number of rotatable bonds is 1. The van der Waals surface area contributed by atoms with Crippen LogP contribution in [0.4, 0.5) is 0 Å². The average molecular weight is 135 g/mol. The van der Waals surface area contributed by atoms with Crippen LogP contribution in [0.2, 0.25) is 0 Å². The van der Waals surface area contributed by atoms with Crippen molar-refractivity contribution in [2.24, 2.45) is 0 Å². The van der Waals surface area contributed by atoms with Gasteiger partial charge in [0.1, 0.15) is 5.04 Å². The van der Waals surface area contributed by atoms with Crippen LogP contribution in [0, 0.1) is 5.41 Å². The molecule has 0 saturated carbocycles. The molecular weight excluding hydrogens is 126 g/mol. The lowest BCUT2D eigenvalue weighted by molar-refractivity contribution is 0.611. The smallest absolute Gasteiger partial charge is 0.188 e. The molecule has 0 rings (SSSR count). The van der Waals surface area contributed by atoms with Gasteiger partial charge < -0.3 is 0 Å². The monoisotopic (exact) mass is 135 g/mol. The fourth-order valence-corrected chi connectivity index (χ4v) is 0.787. The molecule has 1 N–H and O–H groups in total. The SMILES string of the molecule is CCC(=N)S(C)(=O)=O. The Morgan fingerprint density at radius 2 is 2.00 bits per heavy atom. The lowest BCUT2D eigenvalue weighted by Crippen LogP contribution is -2.09. The molecule has 0 bridgehead atoms. The zero-order chi connectivity index (χ0) is 6.78. The quantitative estimate of drug-likeness (QED) is 0.418. The lowest BCUT2D eigenvalue weighted by Gasteiger charge is -1.91. The summed E-state index contributed by atoms with van der Waals surface area (Å²) < 4.78 is 20.7. The van der Waals surface area contributed by atoms with Gasteiger partial charge >= 0.3 is 0 Å². The van der Waals surface area contributed by atoms with Crippen LogP contribution >= 0.6 is 0 Å². The summed E-state index contributed by atoms with van der Waals surface area (Å²) in [7, 11) is -3.17. The van der Waals surface area contributed by atoms with E-state index in [1.807, 2.05) is 0 Å². The zero-order valence-corrected chi connectivity index (χ0v) is 5.75. The Morgan fingerprint density at radius 3 is 2.00 bits per heavy atom. The van der Waals surface area contributed by atoms with Crippen LogP contribution in [-0.2, 0) is 9.84 Å². The Labute approximate surface area is 49.1 Å². The van der Waals surface area contributed by atoms with E-state index in [2.05, 4.69) is 0 Å². The molecule has 0 aliphatic rings. The fourth-order valence-electron chi connectivity index (χ4n) is 0.262. The van der Waals surface area contributed by atoms with Gasteiger partial charge in [0.05, 0.1) is 0 Å². The lowest BCUT2D eigenvalue weighted by atomic mass is 10.5. The highest BCUT2D eigenvalue weighted by Gasteiger charge is 2.05. The minimum atomic E-state index is -3.17. The first kappa shape index (κ1) is 7.62. The highest BCUT2D eigenvalue weighted by Crippen LogP contribution is 1.89. The molecule has 0 spiro atoms. The minimum absolute atomic E-state index is 0.197. The van der Waals surface area contributed by atoms with Crippen molar-refractivity contribution in [1.29, 1.82) is 5.41 Å². The Hall–Kier alpha value is -0.380. The van der Waals surface area contributed by atoms with E-state index in [9.17, 15) is 8.42 Å². The largest absolute Gasteiger partial charge is 0.294 e. The fraction of sp³-hybridized carbons (Fsp3) is 0.750. The Morgan fingerprint density at radius 1 is 1.62 bits per heavy atom. The molecule has 8 heavy (non-hydrogen) atoms. The first-order chi connectivity index (χ1) is 3.48. The molecule has 0 aromatic carbocycles. The Kier molecular flexibility index (Phi) is 2.15. The van der Waals surface area contributed by atoms with Crippen molar-refractivity contribution in [1.82, 2.24) is 0 Å². The van der Waals surface area contributed by atoms with Gasteiger partial charge in [-0.05, 0) is 6.42 Å². The summed E-state index contributed by atoms with van der Waals surface area (Å²) in [6.45, 7) is 1.64. The second-order valence-corrected chi connectivity index (χ2v) is 3.59. The highest BCUT2D eigenvalue weighted by molar-refractivity contribution is 8.05. The van der Waals surface area contributed by atoms with E-state index in [-0.39, 0.29) is 5.04 Å². The minimum Gasteiger partial charge on any atom is -0.294 e. The van der Waals surface area contributed by atoms with Gasteiger partial charge in [0, 0.05) is 6.26 Å². The van der Waals surface area contributed by atoms with Crippen molar-refractivity contribution in [3.8, 4) is 0 Å². The normalized spacial score (nSPS) is 11.2. The van der Waals surface area contributed by atoms with E-state index in [0.29, 0.717) is 6.42 Å². The first-order valence-electron chi connectivity index (χ1n) is 2.26. The molecule has 48 valence electrons. The maximum Gasteiger partial charge on any atom is 0.188 e. The van der Waals surface area contributed by atoms with Crippen LogP contribution in [0.5, 0.6) is 0 Å². The van der Waals surface area contributed by atoms with E-state index < -0.39 is 9.84 Å². The standard InChI is InChI=1S/C4H9NO2S/c1-3-4(5)8(2,6)7/h5H,3H2,1-2H3. The molecule has 0 fully saturated rings. The second kappa shape index (κ2) is 2.26. The van der Waals surface area contributed by atoms with Crippen LogP contribution in [0.1, 0.15) is 13.3 Å². The third-order valence-electron chi connectivity index (χ3n) is 0.769. The Balaban J connectivity index is 4.29. The molecule has 0 aromatic heterocycles. The molecule has 0 radical (unpaired) electrons. The van der Waals surface area contributed by atoms with Gasteiger partial charge in [-0.15, -0.1) is 0 Å². The maximum absolute atomic E-state index is 10.3. The molecule has 0 atom stereocenters. The van der Waals surface area contributed by atoms with E-state index in [0.717, 1.165) is 6.26 Å². The van der Waals surface area contributed by atoms with E-state index in [1.165, 1.54) is 0 Å². The molecule has 4 heteroatoms. The van der Waals surface area contributed by atoms with Gasteiger partial charge in [-0.1, -0.05) is 6.92 Å². The number of nitrogens with one attached hydrogen (secondary N) is 1. The Bertz CT molecular complexity index is 180. The van der Waals surface area contributed by atoms with Crippen LogP contribution in [0.25, 0.3) is 0 Å². The second-order valence-electron chi connectivity index (χ2n) is 1.55. The molecule has 0 aromatic rings. The number of hydrogen-bond donors (Lipinski definition) is 1. The summed E-state index contributed by atoms with van der Waals surface area (Å²) in [5.41, 5.74) is 0. The molecule has 0 heterocycles. The maximum atomic E-state index is 10.3. The van der Waals surface area contributed by atoms with Crippen molar-refractivity contribution in [2.75, 3.05) is 6.26 Å². The highest BCUT2D eigenvalue weighted by atomic mass is 32.2. The molecule has 0 aliphatic heterocycles. The van der Waals surface area contributed by atoms with Gasteiger partial charge in [-0.25, -0.2) is 8.42 Å². The molecule has 0 amide bonds.